The summed E-state index contributed by atoms with van der Waals surface area (Å²) in [5.74, 6) is 0. The van der Waals surface area contributed by atoms with Crippen LogP contribution in [0.15, 0.2) is 28.5 Å². The van der Waals surface area contributed by atoms with Gasteiger partial charge in [-0.05, 0) is 19.4 Å². The van der Waals surface area contributed by atoms with Crippen molar-refractivity contribution in [1.29, 1.82) is 0 Å². The lowest BCUT2D eigenvalue weighted by atomic mass is 10.1. The van der Waals surface area contributed by atoms with Gasteiger partial charge in [-0.2, -0.15) is 0 Å². The number of thiol groups is 1. The Morgan fingerprint density at radius 1 is 1.21 bits per heavy atom. The van der Waals surface area contributed by atoms with E-state index in [2.05, 4.69) is 36.7 Å². The number of thiazole rings is 1. The zero-order chi connectivity index (χ0) is 10.1. The van der Waals surface area contributed by atoms with Gasteiger partial charge in [0.2, 0.25) is 0 Å². The molecule has 1 aromatic carbocycles. The van der Waals surface area contributed by atoms with Gasteiger partial charge in [-0.15, -0.1) is 24.0 Å². The number of benzene rings is 1. The number of rotatable bonds is 1. The van der Waals surface area contributed by atoms with Crippen LogP contribution in [0.5, 0.6) is 0 Å². The number of aryl methyl sites for hydroxylation is 2. The van der Waals surface area contributed by atoms with Crippen molar-refractivity contribution in [2.45, 2.75) is 18.1 Å². The molecule has 0 saturated heterocycles. The van der Waals surface area contributed by atoms with Gasteiger partial charge in [0, 0.05) is 5.56 Å². The third-order valence-corrected chi connectivity index (χ3v) is 3.74. The SMILES string of the molecule is Cc1ccccc1-c1nc(C)c(S)s1. The molecule has 1 nitrogen and oxygen atoms in total. The van der Waals surface area contributed by atoms with E-state index in [4.69, 9.17) is 0 Å². The van der Waals surface area contributed by atoms with Gasteiger partial charge in [0.1, 0.15) is 5.01 Å². The number of hydrogen-bond acceptors (Lipinski definition) is 3. The van der Waals surface area contributed by atoms with E-state index < -0.39 is 0 Å². The van der Waals surface area contributed by atoms with Gasteiger partial charge in [0.25, 0.3) is 0 Å². The molecular formula is C11H11NS2. The Balaban J connectivity index is 2.55. The Kier molecular flexibility index (Phi) is 2.61. The number of hydrogen-bond donors (Lipinski definition) is 1. The molecule has 0 aliphatic rings. The Morgan fingerprint density at radius 3 is 2.50 bits per heavy atom. The average molecular weight is 221 g/mol. The number of aromatic nitrogens is 1. The maximum absolute atomic E-state index is 4.48. The molecule has 14 heavy (non-hydrogen) atoms. The molecule has 72 valence electrons. The highest BCUT2D eigenvalue weighted by Crippen LogP contribution is 2.31. The topological polar surface area (TPSA) is 12.9 Å². The zero-order valence-corrected chi connectivity index (χ0v) is 9.82. The molecular weight excluding hydrogens is 210 g/mol. The van der Waals surface area contributed by atoms with Gasteiger partial charge in [0.15, 0.2) is 0 Å². The van der Waals surface area contributed by atoms with Crippen LogP contribution < -0.4 is 0 Å². The van der Waals surface area contributed by atoms with Crippen LogP contribution in [0.25, 0.3) is 10.6 Å². The van der Waals surface area contributed by atoms with Crippen molar-refractivity contribution in [3.05, 3.63) is 35.5 Å². The van der Waals surface area contributed by atoms with E-state index in [0.29, 0.717) is 0 Å². The van der Waals surface area contributed by atoms with E-state index in [0.717, 1.165) is 14.9 Å². The third-order valence-electron chi connectivity index (χ3n) is 2.15. The summed E-state index contributed by atoms with van der Waals surface area (Å²) in [6, 6.07) is 8.28. The summed E-state index contributed by atoms with van der Waals surface area (Å²) in [7, 11) is 0. The molecule has 1 heterocycles. The molecule has 3 heteroatoms. The van der Waals surface area contributed by atoms with Crippen molar-refractivity contribution < 1.29 is 0 Å². The van der Waals surface area contributed by atoms with Gasteiger partial charge in [-0.1, -0.05) is 24.3 Å². The maximum atomic E-state index is 4.48. The van der Waals surface area contributed by atoms with Gasteiger partial charge in [-0.25, -0.2) is 4.98 Å². The van der Waals surface area contributed by atoms with Crippen LogP contribution in [-0.2, 0) is 0 Å². The molecule has 0 aliphatic carbocycles. The van der Waals surface area contributed by atoms with Crippen molar-refractivity contribution >= 4 is 24.0 Å². The number of nitrogens with zero attached hydrogens (tertiary/aromatic N) is 1. The highest BCUT2D eigenvalue weighted by Gasteiger charge is 2.07. The predicted molar refractivity (Wildman–Crippen MR) is 64.3 cm³/mol. The molecule has 0 saturated carbocycles. The van der Waals surface area contributed by atoms with Crippen LogP contribution in [0.1, 0.15) is 11.3 Å². The molecule has 0 bridgehead atoms. The van der Waals surface area contributed by atoms with Crippen LogP contribution in [-0.4, -0.2) is 4.98 Å². The lowest BCUT2D eigenvalue weighted by Crippen LogP contribution is -1.81. The quantitative estimate of drug-likeness (QED) is 0.724. The van der Waals surface area contributed by atoms with E-state index in [-0.39, 0.29) is 0 Å². The van der Waals surface area contributed by atoms with Gasteiger partial charge >= 0.3 is 0 Å². The minimum Gasteiger partial charge on any atom is -0.240 e. The van der Waals surface area contributed by atoms with Crippen molar-refractivity contribution in [3.8, 4) is 10.6 Å². The fourth-order valence-corrected chi connectivity index (χ4v) is 2.52. The van der Waals surface area contributed by atoms with Crippen LogP contribution in [0.4, 0.5) is 0 Å². The summed E-state index contributed by atoms with van der Waals surface area (Å²) < 4.78 is 1.00. The first-order valence-corrected chi connectivity index (χ1v) is 5.67. The molecule has 0 amide bonds. The second-order valence-corrected chi connectivity index (χ2v) is 4.97. The fraction of sp³-hybridized carbons (Fsp3) is 0.182. The highest BCUT2D eigenvalue weighted by molar-refractivity contribution is 7.83. The summed E-state index contributed by atoms with van der Waals surface area (Å²) in [5, 5.41) is 1.06. The van der Waals surface area contributed by atoms with Crippen molar-refractivity contribution in [2.75, 3.05) is 0 Å². The molecule has 0 unspecified atom stereocenters. The summed E-state index contributed by atoms with van der Waals surface area (Å²) in [5.41, 5.74) is 3.48. The molecule has 0 aliphatic heterocycles. The van der Waals surface area contributed by atoms with Crippen LogP contribution in [0.2, 0.25) is 0 Å². The lowest BCUT2D eigenvalue weighted by Gasteiger charge is -1.99. The minimum absolute atomic E-state index is 1.00. The average Bonchev–Trinajstić information content (AvgIpc) is 2.48. The van der Waals surface area contributed by atoms with Crippen molar-refractivity contribution in [2.24, 2.45) is 0 Å². The van der Waals surface area contributed by atoms with Crippen molar-refractivity contribution in [1.82, 2.24) is 4.98 Å². The third kappa shape index (κ3) is 1.70. The maximum Gasteiger partial charge on any atom is 0.124 e. The van der Waals surface area contributed by atoms with Crippen LogP contribution >= 0.6 is 24.0 Å². The van der Waals surface area contributed by atoms with E-state index in [1.54, 1.807) is 11.3 Å². The molecule has 0 N–H and O–H groups in total. The lowest BCUT2D eigenvalue weighted by molar-refractivity contribution is 1.21. The smallest absolute Gasteiger partial charge is 0.124 e. The standard InChI is InChI=1S/C11H11NS2/c1-7-5-3-4-6-9(7)10-12-8(2)11(13)14-10/h3-6,13H,1-2H3. The van der Waals surface area contributed by atoms with E-state index >= 15 is 0 Å². The zero-order valence-electron chi connectivity index (χ0n) is 8.11. The predicted octanol–water partition coefficient (Wildman–Crippen LogP) is 3.72. The fourth-order valence-electron chi connectivity index (χ4n) is 1.32. The Labute approximate surface area is 93.2 Å². The molecule has 1 aromatic heterocycles. The second kappa shape index (κ2) is 3.75. The summed E-state index contributed by atoms with van der Waals surface area (Å²) >= 11 is 5.99. The first kappa shape index (κ1) is 9.74. The largest absolute Gasteiger partial charge is 0.240 e. The molecule has 0 fully saturated rings. The monoisotopic (exact) mass is 221 g/mol. The summed E-state index contributed by atoms with van der Waals surface area (Å²) in [6.07, 6.45) is 0. The Bertz CT molecular complexity index is 441. The first-order valence-electron chi connectivity index (χ1n) is 4.41. The van der Waals surface area contributed by atoms with Crippen LogP contribution in [0.3, 0.4) is 0 Å². The minimum atomic E-state index is 1.00. The molecule has 0 atom stereocenters. The van der Waals surface area contributed by atoms with Crippen molar-refractivity contribution in [3.63, 3.8) is 0 Å². The first-order chi connectivity index (χ1) is 6.68. The Morgan fingerprint density at radius 2 is 1.93 bits per heavy atom. The molecule has 0 spiro atoms. The molecule has 2 rings (SSSR count). The van der Waals surface area contributed by atoms with E-state index in [1.807, 2.05) is 19.1 Å². The van der Waals surface area contributed by atoms with Gasteiger partial charge < -0.3 is 0 Å². The summed E-state index contributed by atoms with van der Waals surface area (Å²) in [6.45, 7) is 4.09. The Hall–Kier alpha value is -0.800. The highest BCUT2D eigenvalue weighted by atomic mass is 32.2. The van der Waals surface area contributed by atoms with E-state index in [1.165, 1.54) is 11.1 Å². The van der Waals surface area contributed by atoms with E-state index in [9.17, 15) is 0 Å². The molecule has 0 radical (unpaired) electrons. The molecule has 2 aromatic rings. The normalized spacial score (nSPS) is 10.5. The van der Waals surface area contributed by atoms with Gasteiger partial charge in [0.05, 0.1) is 9.90 Å². The van der Waals surface area contributed by atoms with Gasteiger partial charge in [-0.3, -0.25) is 0 Å². The summed E-state index contributed by atoms with van der Waals surface area (Å²) in [4.78, 5) is 4.48. The second-order valence-electron chi connectivity index (χ2n) is 3.22. The van der Waals surface area contributed by atoms with Crippen LogP contribution in [0, 0.1) is 13.8 Å².